The number of benzene rings is 5. The highest BCUT2D eigenvalue weighted by Crippen LogP contribution is 2.66. The smallest absolute Gasteiger partial charge is 0.481 e. The number of sulfone groups is 1. The summed E-state index contributed by atoms with van der Waals surface area (Å²) in [5.74, 6) is -1.95. The highest BCUT2D eigenvalue weighted by Gasteiger charge is 2.51. The normalized spacial score (nSPS) is 19.4. The zero-order valence-electron chi connectivity index (χ0n) is 43.4. The lowest BCUT2D eigenvalue weighted by atomic mass is 9.96. The summed E-state index contributed by atoms with van der Waals surface area (Å²) in [5.41, 5.74) is -0.556. The first-order valence-electron chi connectivity index (χ1n) is 26.0. The Morgan fingerprint density at radius 2 is 1.45 bits per heavy atom. The molecule has 9 rings (SSSR count). The van der Waals surface area contributed by atoms with E-state index in [0.29, 0.717) is 97.5 Å². The Morgan fingerprint density at radius 3 is 2.06 bits per heavy atom. The number of carboxylic acids is 2. The van der Waals surface area contributed by atoms with Crippen molar-refractivity contribution in [2.75, 3.05) is 73.2 Å². The SMILES string of the molecule is Cc1c(C(=O)O)c(-c2cccc(N3CCN(c4ccc([C@H]5CCN(O)P5(=O)c5ccc(N[C@H](CCN6CCC(C(=O)O)CC6)CSc6ccccc6)c(S(=O)(=O)C(F)(F)F)c5)cc4)CC3)c2)c(-c2ccc(Cl)cc2)n1C(C)C. The van der Waals surface area contributed by atoms with Crippen molar-refractivity contribution in [2.24, 2.45) is 5.92 Å². The van der Waals surface area contributed by atoms with Crippen LogP contribution < -0.4 is 20.4 Å². The van der Waals surface area contributed by atoms with Gasteiger partial charge in [-0.25, -0.2) is 13.2 Å². The van der Waals surface area contributed by atoms with Crippen molar-refractivity contribution in [2.45, 2.75) is 79.5 Å². The Labute approximate surface area is 462 Å². The average Bonchev–Trinajstić information content (AvgIpc) is 4.08. The molecular weight excluding hydrogens is 1080 g/mol. The monoisotopic (exact) mass is 1150 g/mol. The fourth-order valence-corrected chi connectivity index (χ4v) is 16.4. The summed E-state index contributed by atoms with van der Waals surface area (Å²) in [6, 6.07) is 34.9. The number of thioether (sulfide) groups is 1. The standard InChI is InChI=1S/C57H63ClF3N6O8PS2/c1-37(2)67-38(3)52(56(70)71)53(54(67)40-12-16-43(58)17-13-40)42-8-7-9-46(34-42)65-32-30-64(31-33-65)45-18-14-39(15-19-45)50-25-29-66(72)76(50,73)47-20-21-49(51(35-47)78(74,75)57(59,60)61)62-44(36-77-48-10-5-4-6-11-48)24-28-63-26-22-41(23-27-63)55(68)69/h4-21,34-35,37,41,44,50,62,72H,22-33,36H2,1-3H3,(H,68,69)(H,70,71)/t44-,50-,76?/m1/s1. The fourth-order valence-electron chi connectivity index (χ4n) is 11.2. The summed E-state index contributed by atoms with van der Waals surface area (Å²) < 4.78 is 88.2. The molecule has 3 atom stereocenters. The molecule has 21 heteroatoms. The van der Waals surface area contributed by atoms with E-state index in [1.54, 1.807) is 24.3 Å². The van der Waals surface area contributed by atoms with Crippen LogP contribution in [0.3, 0.4) is 0 Å². The number of alkyl halides is 3. The van der Waals surface area contributed by atoms with Gasteiger partial charge in [-0.15, -0.1) is 16.6 Å². The maximum absolute atomic E-state index is 15.3. The molecule has 0 saturated carbocycles. The van der Waals surface area contributed by atoms with Crippen LogP contribution >= 0.6 is 30.7 Å². The molecule has 4 heterocycles. The van der Waals surface area contributed by atoms with Gasteiger partial charge in [0.05, 0.1) is 28.5 Å². The number of aliphatic carboxylic acids is 1. The van der Waals surface area contributed by atoms with Crippen LogP contribution in [0.1, 0.15) is 72.8 Å². The summed E-state index contributed by atoms with van der Waals surface area (Å²) in [6.45, 7) is 9.91. The molecule has 78 heavy (non-hydrogen) atoms. The molecule has 3 saturated heterocycles. The van der Waals surface area contributed by atoms with Crippen molar-refractivity contribution in [1.82, 2.24) is 14.3 Å². The minimum absolute atomic E-state index is 0.0306. The Hall–Kier alpha value is -5.79. The molecule has 3 aliphatic rings. The van der Waals surface area contributed by atoms with Crippen LogP contribution in [-0.4, -0.2) is 120 Å². The highest BCUT2D eigenvalue weighted by molar-refractivity contribution is 7.99. The molecule has 414 valence electrons. The van der Waals surface area contributed by atoms with Gasteiger partial charge in [-0.3, -0.25) is 9.36 Å². The van der Waals surface area contributed by atoms with Gasteiger partial charge in [-0.05, 0) is 143 Å². The number of hydroxylamine groups is 1. The van der Waals surface area contributed by atoms with Gasteiger partial charge in [0.25, 0.3) is 9.84 Å². The van der Waals surface area contributed by atoms with Crippen molar-refractivity contribution in [1.29, 1.82) is 0 Å². The van der Waals surface area contributed by atoms with Gasteiger partial charge in [-0.2, -0.15) is 13.2 Å². The molecule has 0 aliphatic carbocycles. The molecule has 14 nitrogen and oxygen atoms in total. The number of hydrogen-bond acceptors (Lipinski definition) is 11. The van der Waals surface area contributed by atoms with Crippen molar-refractivity contribution >= 4 is 74.8 Å². The number of aromatic nitrogens is 1. The van der Waals surface area contributed by atoms with Crippen LogP contribution in [0.4, 0.5) is 30.2 Å². The predicted molar refractivity (Wildman–Crippen MR) is 302 cm³/mol. The molecular formula is C57H63ClF3N6O8PS2. The third kappa shape index (κ3) is 11.7. The summed E-state index contributed by atoms with van der Waals surface area (Å²) in [7, 11) is -10.2. The molecule has 0 radical (unpaired) electrons. The number of rotatable bonds is 18. The third-order valence-corrected chi connectivity index (χ3v) is 21.6. The van der Waals surface area contributed by atoms with E-state index in [2.05, 4.69) is 24.6 Å². The second kappa shape index (κ2) is 23.5. The minimum Gasteiger partial charge on any atom is -0.481 e. The van der Waals surface area contributed by atoms with Crippen LogP contribution in [0.25, 0.3) is 22.4 Å². The zero-order chi connectivity index (χ0) is 55.7. The van der Waals surface area contributed by atoms with E-state index in [0.717, 1.165) is 39.2 Å². The second-order valence-electron chi connectivity index (χ2n) is 20.4. The lowest BCUT2D eigenvalue weighted by Crippen LogP contribution is -2.46. The van der Waals surface area contributed by atoms with Crippen LogP contribution in [0.2, 0.25) is 5.02 Å². The van der Waals surface area contributed by atoms with Gasteiger partial charge in [0.2, 0.25) is 7.29 Å². The summed E-state index contributed by atoms with van der Waals surface area (Å²) in [4.78, 5) is 31.5. The van der Waals surface area contributed by atoms with E-state index in [1.165, 1.54) is 23.9 Å². The van der Waals surface area contributed by atoms with Crippen molar-refractivity contribution < 1.29 is 51.2 Å². The zero-order valence-corrected chi connectivity index (χ0v) is 46.7. The van der Waals surface area contributed by atoms with Gasteiger partial charge in [-0.1, -0.05) is 66.2 Å². The van der Waals surface area contributed by atoms with E-state index in [9.17, 15) is 46.6 Å². The van der Waals surface area contributed by atoms with Crippen LogP contribution in [0, 0.1) is 12.8 Å². The molecule has 4 N–H and O–H groups in total. The average molecular weight is 1150 g/mol. The number of anilines is 3. The molecule has 3 aliphatic heterocycles. The summed E-state index contributed by atoms with van der Waals surface area (Å²) >= 11 is 7.73. The van der Waals surface area contributed by atoms with Gasteiger partial charge in [0, 0.05) is 95.0 Å². The number of carbonyl (C=O) groups is 2. The Bertz CT molecular complexity index is 3300. The van der Waals surface area contributed by atoms with Crippen molar-refractivity contribution in [3.63, 3.8) is 0 Å². The highest BCUT2D eigenvalue weighted by atomic mass is 35.5. The maximum atomic E-state index is 15.3. The largest absolute Gasteiger partial charge is 0.501 e. The van der Waals surface area contributed by atoms with Crippen molar-refractivity contribution in [3.8, 4) is 22.4 Å². The number of nitrogens with zero attached hydrogens (tertiary/aromatic N) is 5. The summed E-state index contributed by atoms with van der Waals surface area (Å²) in [5, 5.41) is 34.9. The van der Waals surface area contributed by atoms with E-state index in [1.807, 2.05) is 99.6 Å². The molecule has 0 bridgehead atoms. The van der Waals surface area contributed by atoms with Crippen LogP contribution in [0.15, 0.2) is 131 Å². The Morgan fingerprint density at radius 1 is 0.795 bits per heavy atom. The molecule has 5 aromatic carbocycles. The van der Waals surface area contributed by atoms with Gasteiger partial charge >= 0.3 is 17.4 Å². The maximum Gasteiger partial charge on any atom is 0.501 e. The number of nitrogens with one attached hydrogen (secondary N) is 1. The number of likely N-dealkylation sites (tertiary alicyclic amines) is 1. The first kappa shape index (κ1) is 56.9. The number of carboxylic acid groups (broad SMARTS) is 2. The van der Waals surface area contributed by atoms with Gasteiger partial charge < -0.3 is 40.0 Å². The Kier molecular flexibility index (Phi) is 17.1. The first-order chi connectivity index (χ1) is 37.1. The molecule has 6 aromatic rings. The molecule has 1 unspecified atom stereocenters. The first-order valence-corrected chi connectivity index (χ1v) is 30.6. The van der Waals surface area contributed by atoms with Crippen LogP contribution in [-0.2, 0) is 19.2 Å². The van der Waals surface area contributed by atoms with Crippen LogP contribution in [0.5, 0.6) is 0 Å². The lowest BCUT2D eigenvalue weighted by molar-refractivity contribution is -0.143. The van der Waals surface area contributed by atoms with Crippen molar-refractivity contribution in [3.05, 3.63) is 143 Å². The third-order valence-electron chi connectivity index (χ3n) is 15.3. The number of halogens is 4. The number of piperazine rings is 1. The van der Waals surface area contributed by atoms with E-state index < -0.39 is 57.1 Å². The molecule has 0 spiro atoms. The number of hydrogen-bond donors (Lipinski definition) is 4. The Balaban J connectivity index is 0.932. The van der Waals surface area contributed by atoms with Gasteiger partial charge in [0.1, 0.15) is 4.90 Å². The molecule has 1 aromatic heterocycles. The summed E-state index contributed by atoms with van der Waals surface area (Å²) in [6.07, 6.45) is 1.51. The number of piperidine rings is 1. The molecule has 3 fully saturated rings. The fraction of sp³-hybridized carbons (Fsp3) is 0.368. The second-order valence-corrected chi connectivity index (χ2v) is 26.7. The number of aromatic carboxylic acids is 1. The van der Waals surface area contributed by atoms with Gasteiger partial charge in [0.15, 0.2) is 0 Å². The van der Waals surface area contributed by atoms with E-state index in [4.69, 9.17) is 11.6 Å². The van der Waals surface area contributed by atoms with E-state index >= 15 is 4.57 Å². The lowest BCUT2D eigenvalue weighted by Gasteiger charge is -2.37. The topological polar surface area (TPSA) is 176 Å². The minimum atomic E-state index is -6.02. The van der Waals surface area contributed by atoms with E-state index in [-0.39, 0.29) is 35.6 Å². The molecule has 0 amide bonds. The quantitative estimate of drug-likeness (QED) is 0.0472. The predicted octanol–water partition coefficient (Wildman–Crippen LogP) is 12.2.